The van der Waals surface area contributed by atoms with Crippen LogP contribution in [0, 0.1) is 6.92 Å². The predicted molar refractivity (Wildman–Crippen MR) is 98.9 cm³/mol. The summed E-state index contributed by atoms with van der Waals surface area (Å²) in [5.41, 5.74) is 9.42. The summed E-state index contributed by atoms with van der Waals surface area (Å²) in [7, 11) is 0. The van der Waals surface area contributed by atoms with Gasteiger partial charge in [-0.2, -0.15) is 9.97 Å². The van der Waals surface area contributed by atoms with Gasteiger partial charge in [0.25, 0.3) is 0 Å². The standard InChI is InChI=1S/C16H20BrN7/c1-3-4-7-19-16-22-13(18)12-14(23-16)24(15(17)21-12)9-11-6-5-10(2)20-8-11/h5-6,8H,3-4,7,9H2,1-2H3,(H3,18,19,22,23). The number of nitrogens with one attached hydrogen (secondary N) is 1. The highest BCUT2D eigenvalue weighted by Gasteiger charge is 2.15. The van der Waals surface area contributed by atoms with Crippen LogP contribution in [0.2, 0.25) is 0 Å². The number of anilines is 2. The second kappa shape index (κ2) is 7.12. The first-order chi connectivity index (χ1) is 11.6. The summed E-state index contributed by atoms with van der Waals surface area (Å²) in [5, 5.41) is 3.22. The van der Waals surface area contributed by atoms with Gasteiger partial charge >= 0.3 is 0 Å². The van der Waals surface area contributed by atoms with Crippen LogP contribution in [0.15, 0.2) is 23.1 Å². The molecular weight excluding hydrogens is 370 g/mol. The Morgan fingerprint density at radius 2 is 2.08 bits per heavy atom. The second-order valence-corrected chi connectivity index (χ2v) is 6.37. The van der Waals surface area contributed by atoms with E-state index in [0.29, 0.717) is 34.2 Å². The van der Waals surface area contributed by atoms with Crippen LogP contribution in [0.4, 0.5) is 11.8 Å². The third kappa shape index (κ3) is 3.48. The van der Waals surface area contributed by atoms with Crippen molar-refractivity contribution in [3.8, 4) is 0 Å². The summed E-state index contributed by atoms with van der Waals surface area (Å²) in [6.07, 6.45) is 4.02. The van der Waals surface area contributed by atoms with Crippen molar-refractivity contribution in [3.63, 3.8) is 0 Å². The number of hydrogen-bond donors (Lipinski definition) is 2. The fraction of sp³-hybridized carbons (Fsp3) is 0.375. The minimum Gasteiger partial charge on any atom is -0.382 e. The van der Waals surface area contributed by atoms with Crippen molar-refractivity contribution < 1.29 is 0 Å². The van der Waals surface area contributed by atoms with E-state index >= 15 is 0 Å². The van der Waals surface area contributed by atoms with E-state index in [1.807, 2.05) is 29.8 Å². The van der Waals surface area contributed by atoms with Crippen molar-refractivity contribution in [1.29, 1.82) is 0 Å². The van der Waals surface area contributed by atoms with Gasteiger partial charge in [-0.1, -0.05) is 19.4 Å². The van der Waals surface area contributed by atoms with Gasteiger partial charge in [0, 0.05) is 18.4 Å². The van der Waals surface area contributed by atoms with E-state index in [-0.39, 0.29) is 0 Å². The molecule has 8 heteroatoms. The van der Waals surface area contributed by atoms with Crippen LogP contribution >= 0.6 is 15.9 Å². The average molecular weight is 390 g/mol. The molecule has 3 rings (SSSR count). The molecule has 0 saturated carbocycles. The molecule has 3 aromatic heterocycles. The molecule has 0 aliphatic heterocycles. The zero-order valence-corrected chi connectivity index (χ0v) is 15.3. The van der Waals surface area contributed by atoms with E-state index < -0.39 is 0 Å². The van der Waals surface area contributed by atoms with Crippen molar-refractivity contribution in [1.82, 2.24) is 24.5 Å². The van der Waals surface area contributed by atoms with Crippen molar-refractivity contribution in [3.05, 3.63) is 34.3 Å². The Balaban J connectivity index is 1.96. The molecule has 3 N–H and O–H groups in total. The van der Waals surface area contributed by atoms with Crippen molar-refractivity contribution in [2.45, 2.75) is 33.2 Å². The molecule has 7 nitrogen and oxygen atoms in total. The second-order valence-electron chi connectivity index (χ2n) is 5.66. The molecule has 0 atom stereocenters. The molecule has 0 saturated heterocycles. The fourth-order valence-corrected chi connectivity index (χ4v) is 2.84. The molecule has 3 aromatic rings. The number of unbranched alkanes of at least 4 members (excludes halogenated alkanes) is 1. The molecule has 24 heavy (non-hydrogen) atoms. The summed E-state index contributed by atoms with van der Waals surface area (Å²) in [6.45, 7) is 5.53. The minimum atomic E-state index is 0.375. The highest BCUT2D eigenvalue weighted by molar-refractivity contribution is 9.10. The largest absolute Gasteiger partial charge is 0.382 e. The molecular formula is C16H20BrN7. The Labute approximate surface area is 148 Å². The van der Waals surface area contributed by atoms with Crippen LogP contribution in [0.3, 0.4) is 0 Å². The molecule has 0 spiro atoms. The maximum atomic E-state index is 6.06. The van der Waals surface area contributed by atoms with Gasteiger partial charge in [0.2, 0.25) is 5.95 Å². The van der Waals surface area contributed by atoms with Gasteiger partial charge in [0.15, 0.2) is 21.7 Å². The Hall–Kier alpha value is -2.22. The lowest BCUT2D eigenvalue weighted by atomic mass is 10.2. The first kappa shape index (κ1) is 16.6. The highest BCUT2D eigenvalue weighted by Crippen LogP contribution is 2.24. The summed E-state index contributed by atoms with van der Waals surface area (Å²) in [6, 6.07) is 4.04. The van der Waals surface area contributed by atoms with Gasteiger partial charge < -0.3 is 11.1 Å². The average Bonchev–Trinajstić information content (AvgIpc) is 2.87. The Bertz CT molecular complexity index is 842. The Kier molecular flexibility index (Phi) is 4.94. The number of pyridine rings is 1. The number of nitrogens with zero attached hydrogens (tertiary/aromatic N) is 5. The topological polar surface area (TPSA) is 94.5 Å². The third-order valence-electron chi connectivity index (χ3n) is 3.70. The molecule has 0 bridgehead atoms. The number of imidazole rings is 1. The zero-order valence-electron chi connectivity index (χ0n) is 13.8. The molecule has 0 unspecified atom stereocenters. The van der Waals surface area contributed by atoms with Crippen molar-refractivity contribution in [2.24, 2.45) is 0 Å². The molecule has 0 aromatic carbocycles. The quantitative estimate of drug-likeness (QED) is 0.496. The molecule has 0 fully saturated rings. The van der Waals surface area contributed by atoms with Gasteiger partial charge in [0.05, 0.1) is 6.54 Å². The molecule has 0 radical (unpaired) electrons. The van der Waals surface area contributed by atoms with Crippen LogP contribution in [0.1, 0.15) is 31.0 Å². The van der Waals surface area contributed by atoms with Gasteiger partial charge in [-0.25, -0.2) is 4.98 Å². The van der Waals surface area contributed by atoms with Crippen molar-refractivity contribution >= 4 is 38.9 Å². The lowest BCUT2D eigenvalue weighted by Gasteiger charge is -2.08. The molecule has 3 heterocycles. The lowest BCUT2D eigenvalue weighted by Crippen LogP contribution is -2.09. The van der Waals surface area contributed by atoms with Crippen molar-refractivity contribution in [2.75, 3.05) is 17.6 Å². The number of fused-ring (bicyclic) bond motifs is 1. The summed E-state index contributed by atoms with van der Waals surface area (Å²) < 4.78 is 2.63. The summed E-state index contributed by atoms with van der Waals surface area (Å²) >= 11 is 3.49. The molecule has 0 aliphatic carbocycles. The number of aryl methyl sites for hydroxylation is 1. The Morgan fingerprint density at radius 1 is 1.25 bits per heavy atom. The molecule has 0 amide bonds. The lowest BCUT2D eigenvalue weighted by molar-refractivity contribution is 0.784. The first-order valence-corrected chi connectivity index (χ1v) is 8.72. The van der Waals surface area contributed by atoms with E-state index in [1.54, 1.807) is 0 Å². The van der Waals surface area contributed by atoms with Crippen LogP contribution in [0.5, 0.6) is 0 Å². The van der Waals surface area contributed by atoms with Crippen LogP contribution < -0.4 is 11.1 Å². The smallest absolute Gasteiger partial charge is 0.226 e. The fourth-order valence-electron chi connectivity index (χ4n) is 2.37. The maximum Gasteiger partial charge on any atom is 0.226 e. The van der Waals surface area contributed by atoms with E-state index in [9.17, 15) is 0 Å². The minimum absolute atomic E-state index is 0.375. The molecule has 126 valence electrons. The summed E-state index contributed by atoms with van der Waals surface area (Å²) in [4.78, 5) is 17.7. The Morgan fingerprint density at radius 3 is 2.79 bits per heavy atom. The molecule has 0 aliphatic rings. The van der Waals surface area contributed by atoms with Crippen LogP contribution in [-0.4, -0.2) is 31.0 Å². The van der Waals surface area contributed by atoms with E-state index in [4.69, 9.17) is 5.73 Å². The zero-order chi connectivity index (χ0) is 17.1. The monoisotopic (exact) mass is 389 g/mol. The predicted octanol–water partition coefficient (Wildman–Crippen LogP) is 3.13. The highest BCUT2D eigenvalue weighted by atomic mass is 79.9. The third-order valence-corrected chi connectivity index (χ3v) is 4.31. The first-order valence-electron chi connectivity index (χ1n) is 7.93. The van der Waals surface area contributed by atoms with E-state index in [2.05, 4.69) is 48.1 Å². The number of aromatic nitrogens is 5. The normalized spacial score (nSPS) is 11.1. The van der Waals surface area contributed by atoms with E-state index in [1.165, 1.54) is 0 Å². The van der Waals surface area contributed by atoms with Gasteiger partial charge in [0.1, 0.15) is 0 Å². The van der Waals surface area contributed by atoms with Gasteiger partial charge in [-0.05, 0) is 40.9 Å². The number of halogens is 1. The van der Waals surface area contributed by atoms with E-state index in [0.717, 1.165) is 30.6 Å². The van der Waals surface area contributed by atoms with Crippen LogP contribution in [0.25, 0.3) is 11.2 Å². The maximum absolute atomic E-state index is 6.06. The SMILES string of the molecule is CCCCNc1nc(N)c2nc(Br)n(Cc3ccc(C)nc3)c2n1. The number of nitrogen functional groups attached to an aromatic ring is 1. The van der Waals surface area contributed by atoms with Crippen LogP contribution in [-0.2, 0) is 6.54 Å². The number of rotatable bonds is 6. The number of hydrogen-bond acceptors (Lipinski definition) is 6. The number of nitrogens with two attached hydrogens (primary N) is 1. The van der Waals surface area contributed by atoms with Gasteiger partial charge in [-0.15, -0.1) is 0 Å². The summed E-state index contributed by atoms with van der Waals surface area (Å²) in [5.74, 6) is 0.907. The van der Waals surface area contributed by atoms with Gasteiger partial charge in [-0.3, -0.25) is 9.55 Å².